The van der Waals surface area contributed by atoms with Crippen molar-refractivity contribution in [2.24, 2.45) is 0 Å². The lowest BCUT2D eigenvalue weighted by atomic mass is 10.0. The Balaban J connectivity index is 1.47. The molecule has 2 aromatic carbocycles. The van der Waals surface area contributed by atoms with Crippen LogP contribution >= 0.6 is 0 Å². The summed E-state index contributed by atoms with van der Waals surface area (Å²) in [6.45, 7) is 1.80. The summed E-state index contributed by atoms with van der Waals surface area (Å²) in [6.07, 6.45) is 3.38. The fourth-order valence-electron chi connectivity index (χ4n) is 3.89. The third-order valence-corrected chi connectivity index (χ3v) is 5.76. The van der Waals surface area contributed by atoms with Crippen LogP contribution in [0.15, 0.2) is 59.3 Å². The number of carbonyl (C=O) groups is 1. The Morgan fingerprint density at radius 3 is 2.77 bits per heavy atom. The third kappa shape index (κ3) is 4.97. The first-order chi connectivity index (χ1) is 17.1. The van der Waals surface area contributed by atoms with Gasteiger partial charge in [-0.15, -0.1) is 0 Å². The van der Waals surface area contributed by atoms with Gasteiger partial charge in [0.1, 0.15) is 11.4 Å². The van der Waals surface area contributed by atoms with E-state index in [0.29, 0.717) is 48.3 Å². The molecule has 0 spiro atoms. The molecule has 0 fully saturated rings. The zero-order valence-electron chi connectivity index (χ0n) is 19.2. The topological polar surface area (TPSA) is 138 Å². The Morgan fingerprint density at radius 1 is 1.14 bits per heavy atom. The summed E-state index contributed by atoms with van der Waals surface area (Å²) in [7, 11) is 0. The number of nitrogens with one attached hydrogen (secondary N) is 3. The molecule has 0 saturated heterocycles. The minimum Gasteiger partial charge on any atom is -0.394 e. The van der Waals surface area contributed by atoms with E-state index in [9.17, 15) is 9.90 Å². The second-order valence-electron chi connectivity index (χ2n) is 8.16. The van der Waals surface area contributed by atoms with Gasteiger partial charge in [-0.3, -0.25) is 4.79 Å². The largest absolute Gasteiger partial charge is 0.394 e. The highest BCUT2D eigenvalue weighted by Crippen LogP contribution is 2.31. The Kier molecular flexibility index (Phi) is 6.36. The number of aliphatic hydroxyl groups excluding tert-OH is 1. The molecule has 1 atom stereocenters. The Bertz CT molecular complexity index is 1340. The maximum atomic E-state index is 11.6. The predicted octanol–water partition coefficient (Wildman–Crippen LogP) is 3.86. The van der Waals surface area contributed by atoms with Crippen molar-refractivity contribution < 1.29 is 14.4 Å². The van der Waals surface area contributed by atoms with Crippen molar-refractivity contribution in [3.05, 3.63) is 71.7 Å². The number of benzene rings is 2. The van der Waals surface area contributed by atoms with Crippen LogP contribution in [0.1, 0.15) is 36.3 Å². The van der Waals surface area contributed by atoms with Crippen LogP contribution in [0, 0.1) is 0 Å². The Morgan fingerprint density at radius 2 is 2.00 bits per heavy atom. The van der Waals surface area contributed by atoms with Gasteiger partial charge in [-0.1, -0.05) is 42.4 Å². The predicted molar refractivity (Wildman–Crippen MR) is 131 cm³/mol. The SMILES string of the molecule is CCc1noc(-c2cnc(Nc3ccc4c(c3)CCC(=O)N4)nc2N[C@H](CO)c2ccccc2)n1. The van der Waals surface area contributed by atoms with Crippen LogP contribution in [0.25, 0.3) is 11.5 Å². The van der Waals surface area contributed by atoms with E-state index in [1.165, 1.54) is 0 Å². The molecule has 1 aliphatic rings. The first kappa shape index (κ1) is 22.5. The fraction of sp³-hybridized carbons (Fsp3) is 0.240. The van der Waals surface area contributed by atoms with Gasteiger partial charge in [0.2, 0.25) is 11.9 Å². The van der Waals surface area contributed by atoms with Crippen molar-refractivity contribution in [2.75, 3.05) is 22.6 Å². The molecular formula is C25H25N7O3. The molecule has 0 radical (unpaired) electrons. The number of amides is 1. The van der Waals surface area contributed by atoms with Crippen LogP contribution in [-0.2, 0) is 17.6 Å². The van der Waals surface area contributed by atoms with E-state index in [1.54, 1.807) is 6.20 Å². The van der Waals surface area contributed by atoms with Gasteiger partial charge in [0.05, 0.1) is 12.6 Å². The first-order valence-electron chi connectivity index (χ1n) is 11.4. The van der Waals surface area contributed by atoms with Crippen molar-refractivity contribution in [3.8, 4) is 11.5 Å². The second-order valence-corrected chi connectivity index (χ2v) is 8.16. The fourth-order valence-corrected chi connectivity index (χ4v) is 3.89. The summed E-state index contributed by atoms with van der Waals surface area (Å²) >= 11 is 0. The van der Waals surface area contributed by atoms with E-state index in [0.717, 1.165) is 22.5 Å². The van der Waals surface area contributed by atoms with E-state index in [1.807, 2.05) is 55.5 Å². The third-order valence-electron chi connectivity index (χ3n) is 5.76. The molecule has 1 amide bonds. The molecule has 2 aromatic heterocycles. The summed E-state index contributed by atoms with van der Waals surface area (Å²) in [6, 6.07) is 14.9. The van der Waals surface area contributed by atoms with Gasteiger partial charge >= 0.3 is 0 Å². The normalized spacial score (nSPS) is 13.6. The van der Waals surface area contributed by atoms with Gasteiger partial charge < -0.3 is 25.6 Å². The molecule has 10 nitrogen and oxygen atoms in total. The molecule has 4 N–H and O–H groups in total. The summed E-state index contributed by atoms with van der Waals surface area (Å²) < 4.78 is 5.43. The molecule has 3 heterocycles. The molecule has 4 aromatic rings. The lowest BCUT2D eigenvalue weighted by Gasteiger charge is -2.20. The maximum absolute atomic E-state index is 11.6. The lowest BCUT2D eigenvalue weighted by Crippen LogP contribution is -2.19. The highest BCUT2D eigenvalue weighted by atomic mass is 16.5. The first-order valence-corrected chi connectivity index (χ1v) is 11.4. The zero-order chi connectivity index (χ0) is 24.2. The van der Waals surface area contributed by atoms with E-state index < -0.39 is 6.04 Å². The molecule has 35 heavy (non-hydrogen) atoms. The van der Waals surface area contributed by atoms with E-state index in [4.69, 9.17) is 4.52 Å². The number of hydrogen-bond acceptors (Lipinski definition) is 9. The van der Waals surface area contributed by atoms with Crippen LogP contribution in [0.3, 0.4) is 0 Å². The van der Waals surface area contributed by atoms with Crippen LogP contribution in [0.5, 0.6) is 0 Å². The van der Waals surface area contributed by atoms with Crippen LogP contribution in [0.2, 0.25) is 0 Å². The number of rotatable bonds is 8. The van der Waals surface area contributed by atoms with Crippen molar-refractivity contribution in [3.63, 3.8) is 0 Å². The average molecular weight is 472 g/mol. The second kappa shape index (κ2) is 9.90. The maximum Gasteiger partial charge on any atom is 0.263 e. The van der Waals surface area contributed by atoms with E-state index >= 15 is 0 Å². The van der Waals surface area contributed by atoms with Crippen molar-refractivity contribution >= 4 is 29.0 Å². The molecule has 0 unspecified atom stereocenters. The molecule has 5 rings (SSSR count). The number of anilines is 4. The molecule has 0 bridgehead atoms. The highest BCUT2D eigenvalue weighted by molar-refractivity contribution is 5.94. The van der Waals surface area contributed by atoms with Gasteiger partial charge in [-0.05, 0) is 35.7 Å². The number of aliphatic hydroxyl groups is 1. The van der Waals surface area contributed by atoms with Crippen LogP contribution in [-0.4, -0.2) is 37.7 Å². The van der Waals surface area contributed by atoms with Gasteiger partial charge in [0, 0.05) is 30.4 Å². The molecule has 1 aliphatic heterocycles. The van der Waals surface area contributed by atoms with Crippen molar-refractivity contribution in [1.82, 2.24) is 20.1 Å². The lowest BCUT2D eigenvalue weighted by molar-refractivity contribution is -0.116. The molecule has 0 saturated carbocycles. The summed E-state index contributed by atoms with van der Waals surface area (Å²) in [5.74, 6) is 1.70. The Hall–Kier alpha value is -4.31. The van der Waals surface area contributed by atoms with Gasteiger partial charge in [-0.25, -0.2) is 4.98 Å². The smallest absolute Gasteiger partial charge is 0.263 e. The van der Waals surface area contributed by atoms with Gasteiger partial charge in [0.15, 0.2) is 5.82 Å². The highest BCUT2D eigenvalue weighted by Gasteiger charge is 2.20. The Labute approximate surface area is 201 Å². The number of hydrogen-bond donors (Lipinski definition) is 4. The van der Waals surface area contributed by atoms with Crippen LogP contribution < -0.4 is 16.0 Å². The summed E-state index contributed by atoms with van der Waals surface area (Å²) in [5.41, 5.74) is 4.11. The minimum atomic E-state index is -0.404. The van der Waals surface area contributed by atoms with Gasteiger partial charge in [-0.2, -0.15) is 9.97 Å². The molecule has 178 valence electrons. The summed E-state index contributed by atoms with van der Waals surface area (Å²) in [5, 5.41) is 23.5. The molecular weight excluding hydrogens is 446 g/mol. The monoisotopic (exact) mass is 471 g/mol. The van der Waals surface area contributed by atoms with E-state index in [2.05, 4.69) is 36.1 Å². The minimum absolute atomic E-state index is 0.0250. The average Bonchev–Trinajstić information content (AvgIpc) is 3.37. The van der Waals surface area contributed by atoms with Crippen molar-refractivity contribution in [1.29, 1.82) is 0 Å². The number of carbonyl (C=O) groups excluding carboxylic acids is 1. The number of fused-ring (bicyclic) bond motifs is 1. The molecule has 10 heteroatoms. The quantitative estimate of drug-likeness (QED) is 0.302. The summed E-state index contributed by atoms with van der Waals surface area (Å²) in [4.78, 5) is 25.2. The van der Waals surface area contributed by atoms with Gasteiger partial charge in [0.25, 0.3) is 5.89 Å². The number of aromatic nitrogens is 4. The van der Waals surface area contributed by atoms with Crippen molar-refractivity contribution in [2.45, 2.75) is 32.2 Å². The standard InChI is InChI=1S/C25H25N7O3/c1-2-21-30-24(35-32-21)18-13-26-25(27-17-9-10-19-16(12-17)8-11-22(34)28-19)31-23(18)29-20(14-33)15-6-4-3-5-7-15/h3-7,9-10,12-13,20,33H,2,8,11,14H2,1H3,(H,28,34)(H2,26,27,29,31)/t20-/m1/s1. The number of nitrogens with zero attached hydrogens (tertiary/aromatic N) is 4. The van der Waals surface area contributed by atoms with E-state index in [-0.39, 0.29) is 12.5 Å². The zero-order valence-corrected chi connectivity index (χ0v) is 19.2. The molecule has 0 aliphatic carbocycles. The number of aryl methyl sites for hydroxylation is 2. The van der Waals surface area contributed by atoms with Crippen LogP contribution in [0.4, 0.5) is 23.1 Å².